The first-order chi connectivity index (χ1) is 14.7. The van der Waals surface area contributed by atoms with Gasteiger partial charge >= 0.3 is 0 Å². The highest BCUT2D eigenvalue weighted by atomic mass is 16.5. The number of fused-ring (bicyclic) bond motifs is 1. The molecule has 2 aromatic carbocycles. The molecule has 2 aromatic rings. The number of amides is 1. The molecular formula is C25H32N2O3. The van der Waals surface area contributed by atoms with Gasteiger partial charge in [-0.15, -0.1) is 0 Å². The van der Waals surface area contributed by atoms with Crippen LogP contribution in [0.4, 0.5) is 0 Å². The van der Waals surface area contributed by atoms with Crippen LogP contribution in [0.5, 0.6) is 11.5 Å². The highest BCUT2D eigenvalue weighted by Gasteiger charge is 2.47. The molecule has 2 aliphatic heterocycles. The number of methoxy groups -OCH3 is 1. The molecule has 2 saturated heterocycles. The number of carbonyl (C=O) groups is 1. The lowest BCUT2D eigenvalue weighted by Gasteiger charge is -2.26. The number of hydrogen-bond donors (Lipinski definition) is 0. The van der Waals surface area contributed by atoms with E-state index in [1.54, 1.807) is 7.11 Å². The Labute approximate surface area is 179 Å². The van der Waals surface area contributed by atoms with E-state index < -0.39 is 0 Å². The molecule has 2 fully saturated rings. The largest absolute Gasteiger partial charge is 0.493 e. The molecule has 3 atom stereocenters. The SMILES string of the molecule is COc1ccccc1OCCCN(C)C(=O)[C@H]1C[C@@H](c2ccccc2)N2CCC[C@H]12. The van der Waals surface area contributed by atoms with Gasteiger partial charge in [0.25, 0.3) is 0 Å². The van der Waals surface area contributed by atoms with Gasteiger partial charge in [-0.05, 0) is 49.9 Å². The Hall–Kier alpha value is -2.53. The monoisotopic (exact) mass is 408 g/mol. The topological polar surface area (TPSA) is 42.0 Å². The lowest BCUT2D eigenvalue weighted by molar-refractivity contribution is -0.134. The molecule has 0 spiro atoms. The molecule has 5 heteroatoms. The fourth-order valence-corrected chi connectivity index (χ4v) is 5.05. The molecule has 5 nitrogen and oxygen atoms in total. The maximum Gasteiger partial charge on any atom is 0.227 e. The summed E-state index contributed by atoms with van der Waals surface area (Å²) >= 11 is 0. The number of benzene rings is 2. The Morgan fingerprint density at radius 2 is 1.83 bits per heavy atom. The highest BCUT2D eigenvalue weighted by Crippen LogP contribution is 2.45. The van der Waals surface area contributed by atoms with Gasteiger partial charge in [0.05, 0.1) is 19.6 Å². The lowest BCUT2D eigenvalue weighted by atomic mass is 9.93. The predicted octanol–water partition coefficient (Wildman–Crippen LogP) is 4.15. The zero-order valence-corrected chi connectivity index (χ0v) is 18.0. The van der Waals surface area contributed by atoms with Crippen molar-refractivity contribution in [2.75, 3.05) is 33.9 Å². The van der Waals surface area contributed by atoms with Crippen molar-refractivity contribution >= 4 is 5.91 Å². The second-order valence-corrected chi connectivity index (χ2v) is 8.33. The van der Waals surface area contributed by atoms with Gasteiger partial charge in [-0.2, -0.15) is 0 Å². The quantitative estimate of drug-likeness (QED) is 0.616. The van der Waals surface area contributed by atoms with Crippen LogP contribution in [-0.4, -0.2) is 55.6 Å². The van der Waals surface area contributed by atoms with Crippen molar-refractivity contribution in [3.8, 4) is 11.5 Å². The maximum atomic E-state index is 13.3. The van der Waals surface area contributed by atoms with Crippen LogP contribution in [0.2, 0.25) is 0 Å². The molecule has 4 rings (SSSR count). The normalized spacial score (nSPS) is 23.2. The van der Waals surface area contributed by atoms with Gasteiger partial charge in [0.15, 0.2) is 11.5 Å². The third-order valence-electron chi connectivity index (χ3n) is 6.53. The minimum Gasteiger partial charge on any atom is -0.493 e. The third kappa shape index (κ3) is 4.31. The van der Waals surface area contributed by atoms with Gasteiger partial charge in [-0.1, -0.05) is 42.5 Å². The Kier molecular flexibility index (Phi) is 6.58. The predicted molar refractivity (Wildman–Crippen MR) is 118 cm³/mol. The first kappa shape index (κ1) is 20.7. The second-order valence-electron chi connectivity index (χ2n) is 8.33. The molecule has 0 aromatic heterocycles. The first-order valence-corrected chi connectivity index (χ1v) is 11.0. The molecule has 0 unspecified atom stereocenters. The molecule has 2 heterocycles. The summed E-state index contributed by atoms with van der Waals surface area (Å²) in [5.74, 6) is 1.86. The number of para-hydroxylation sites is 2. The fraction of sp³-hybridized carbons (Fsp3) is 0.480. The summed E-state index contributed by atoms with van der Waals surface area (Å²) < 4.78 is 11.2. The van der Waals surface area contributed by atoms with Crippen LogP contribution in [0.3, 0.4) is 0 Å². The molecule has 30 heavy (non-hydrogen) atoms. The van der Waals surface area contributed by atoms with Crippen molar-refractivity contribution in [1.29, 1.82) is 0 Å². The standard InChI is InChI=1S/C25H32N2O3/c1-26(15-9-17-30-24-14-7-6-13-23(24)29-2)25(28)20-18-22(19-10-4-3-5-11-19)27-16-8-12-21(20)27/h3-7,10-11,13-14,20-22H,8-9,12,15-18H2,1-2H3/t20-,21+,22-/m0/s1. The van der Waals surface area contributed by atoms with Crippen molar-refractivity contribution in [2.24, 2.45) is 5.92 Å². The van der Waals surface area contributed by atoms with E-state index in [9.17, 15) is 4.79 Å². The fourth-order valence-electron chi connectivity index (χ4n) is 5.05. The zero-order chi connectivity index (χ0) is 20.9. The number of hydrogen-bond acceptors (Lipinski definition) is 4. The van der Waals surface area contributed by atoms with Crippen molar-refractivity contribution in [2.45, 2.75) is 37.8 Å². The molecule has 0 radical (unpaired) electrons. The van der Waals surface area contributed by atoms with Crippen molar-refractivity contribution in [1.82, 2.24) is 9.80 Å². The van der Waals surface area contributed by atoms with Gasteiger partial charge in [0.2, 0.25) is 5.91 Å². The number of nitrogens with zero attached hydrogens (tertiary/aromatic N) is 2. The Morgan fingerprint density at radius 1 is 1.10 bits per heavy atom. The van der Waals surface area contributed by atoms with Crippen LogP contribution in [0.25, 0.3) is 0 Å². The minimum absolute atomic E-state index is 0.0952. The smallest absolute Gasteiger partial charge is 0.227 e. The highest BCUT2D eigenvalue weighted by molar-refractivity contribution is 5.80. The number of carbonyl (C=O) groups excluding carboxylic acids is 1. The second kappa shape index (κ2) is 9.52. The summed E-state index contributed by atoms with van der Waals surface area (Å²) in [4.78, 5) is 17.7. The van der Waals surface area contributed by atoms with E-state index in [4.69, 9.17) is 9.47 Å². The van der Waals surface area contributed by atoms with Crippen LogP contribution < -0.4 is 9.47 Å². The van der Waals surface area contributed by atoms with E-state index in [1.807, 2.05) is 36.2 Å². The molecule has 0 bridgehead atoms. The van der Waals surface area contributed by atoms with Crippen LogP contribution in [0, 0.1) is 5.92 Å². The average Bonchev–Trinajstić information content (AvgIpc) is 3.40. The summed E-state index contributed by atoms with van der Waals surface area (Å²) in [6.45, 7) is 2.36. The van der Waals surface area contributed by atoms with E-state index in [0.29, 0.717) is 25.2 Å². The van der Waals surface area contributed by atoms with Gasteiger partial charge in [-0.3, -0.25) is 9.69 Å². The summed E-state index contributed by atoms with van der Waals surface area (Å²) in [7, 11) is 3.58. The number of rotatable bonds is 8. The van der Waals surface area contributed by atoms with Crippen molar-refractivity contribution in [3.63, 3.8) is 0 Å². The van der Waals surface area contributed by atoms with E-state index in [1.165, 1.54) is 12.0 Å². The molecule has 2 aliphatic rings. The maximum absolute atomic E-state index is 13.3. The molecule has 0 N–H and O–H groups in total. The summed E-state index contributed by atoms with van der Waals surface area (Å²) in [5, 5.41) is 0. The van der Waals surface area contributed by atoms with Gasteiger partial charge in [-0.25, -0.2) is 0 Å². The first-order valence-electron chi connectivity index (χ1n) is 11.0. The Balaban J connectivity index is 1.31. The Bertz CT molecular complexity index is 841. The Morgan fingerprint density at radius 3 is 2.60 bits per heavy atom. The molecule has 1 amide bonds. The van der Waals surface area contributed by atoms with Crippen LogP contribution in [-0.2, 0) is 4.79 Å². The van der Waals surface area contributed by atoms with E-state index >= 15 is 0 Å². The lowest BCUT2D eigenvalue weighted by Crippen LogP contribution is -2.39. The average molecular weight is 409 g/mol. The van der Waals surface area contributed by atoms with Crippen LogP contribution >= 0.6 is 0 Å². The molecule has 160 valence electrons. The third-order valence-corrected chi connectivity index (χ3v) is 6.53. The molecule has 0 saturated carbocycles. The minimum atomic E-state index is 0.0952. The van der Waals surface area contributed by atoms with Gasteiger partial charge < -0.3 is 14.4 Å². The van der Waals surface area contributed by atoms with Gasteiger partial charge in [0.1, 0.15) is 0 Å². The summed E-state index contributed by atoms with van der Waals surface area (Å²) in [5.41, 5.74) is 1.34. The summed E-state index contributed by atoms with van der Waals surface area (Å²) in [6, 6.07) is 19.1. The molecule has 0 aliphatic carbocycles. The van der Waals surface area contributed by atoms with E-state index in [-0.39, 0.29) is 11.8 Å². The van der Waals surface area contributed by atoms with Crippen molar-refractivity contribution in [3.05, 3.63) is 60.2 Å². The van der Waals surface area contributed by atoms with E-state index in [2.05, 4.69) is 35.2 Å². The van der Waals surface area contributed by atoms with Crippen molar-refractivity contribution < 1.29 is 14.3 Å². The summed E-state index contributed by atoms with van der Waals surface area (Å²) in [6.07, 6.45) is 4.04. The molecular weight excluding hydrogens is 376 g/mol. The van der Waals surface area contributed by atoms with Crippen LogP contribution in [0.15, 0.2) is 54.6 Å². The zero-order valence-electron chi connectivity index (χ0n) is 18.0. The van der Waals surface area contributed by atoms with Gasteiger partial charge in [0, 0.05) is 25.7 Å². The van der Waals surface area contributed by atoms with E-state index in [0.717, 1.165) is 37.3 Å². The van der Waals surface area contributed by atoms with Crippen LogP contribution in [0.1, 0.15) is 37.3 Å². The number of ether oxygens (including phenoxy) is 2.